The van der Waals surface area contributed by atoms with Crippen molar-refractivity contribution in [3.05, 3.63) is 68.3 Å². The molecular weight excluding hydrogens is 483 g/mol. The van der Waals surface area contributed by atoms with Gasteiger partial charge in [-0.1, -0.05) is 70.9 Å². The Hall–Kier alpha value is -2.32. The van der Waals surface area contributed by atoms with Crippen LogP contribution in [0.15, 0.2) is 53.0 Å². The summed E-state index contributed by atoms with van der Waals surface area (Å²) in [4.78, 5) is 13.7. The first-order valence-corrected chi connectivity index (χ1v) is 12.4. The topological polar surface area (TPSA) is 59.8 Å². The Balaban J connectivity index is 1.52. The molecule has 0 fully saturated rings. The van der Waals surface area contributed by atoms with Crippen molar-refractivity contribution < 1.29 is 4.79 Å². The number of carbonyl (C=O) groups excluding carboxylic acids is 1. The second-order valence-electron chi connectivity index (χ2n) is 7.25. The summed E-state index contributed by atoms with van der Waals surface area (Å²) < 4.78 is 1.92. The summed E-state index contributed by atoms with van der Waals surface area (Å²) in [5.41, 5.74) is 4.98. The van der Waals surface area contributed by atoms with Gasteiger partial charge >= 0.3 is 0 Å². The van der Waals surface area contributed by atoms with Gasteiger partial charge in [0.25, 0.3) is 0 Å². The van der Waals surface area contributed by atoms with Crippen molar-refractivity contribution in [1.29, 1.82) is 0 Å². The Bertz CT molecular complexity index is 1260. The fraction of sp³-hybridized carbons (Fsp3) is 0.174. The molecule has 9 heteroatoms. The van der Waals surface area contributed by atoms with E-state index in [9.17, 15) is 4.79 Å². The van der Waals surface area contributed by atoms with Crippen molar-refractivity contribution in [2.45, 2.75) is 19.0 Å². The largest absolute Gasteiger partial charge is 0.323 e. The summed E-state index contributed by atoms with van der Waals surface area (Å²) in [5, 5.41) is 15.0. The van der Waals surface area contributed by atoms with Gasteiger partial charge in [0.1, 0.15) is 0 Å². The Morgan fingerprint density at radius 2 is 1.78 bits per heavy atom. The van der Waals surface area contributed by atoms with E-state index < -0.39 is 0 Å². The lowest BCUT2D eigenvalue weighted by Crippen LogP contribution is -2.15. The molecule has 4 aromatic rings. The van der Waals surface area contributed by atoms with Gasteiger partial charge in [0.15, 0.2) is 11.0 Å². The fourth-order valence-corrected chi connectivity index (χ4v) is 5.36. The van der Waals surface area contributed by atoms with Crippen LogP contribution < -0.4 is 5.32 Å². The lowest BCUT2D eigenvalue weighted by atomic mass is 10.0. The number of hydrogen-bond acceptors (Lipinski definition) is 5. The third-order valence-corrected chi connectivity index (χ3v) is 7.51. The number of carbonyl (C=O) groups is 1. The number of thioether (sulfide) groups is 1. The lowest BCUT2D eigenvalue weighted by molar-refractivity contribution is -0.113. The van der Waals surface area contributed by atoms with Crippen molar-refractivity contribution in [3.8, 4) is 22.5 Å². The quantitative estimate of drug-likeness (QED) is 0.292. The molecule has 0 aliphatic carbocycles. The summed E-state index contributed by atoms with van der Waals surface area (Å²) in [6.07, 6.45) is 0. The zero-order valence-electron chi connectivity index (χ0n) is 17.6. The normalized spacial score (nSPS) is 11.0. The van der Waals surface area contributed by atoms with E-state index in [0.717, 1.165) is 22.5 Å². The maximum atomic E-state index is 12.4. The molecule has 2 aromatic heterocycles. The van der Waals surface area contributed by atoms with Crippen LogP contribution in [-0.4, -0.2) is 26.4 Å². The van der Waals surface area contributed by atoms with Crippen LogP contribution in [0.1, 0.15) is 10.4 Å². The van der Waals surface area contributed by atoms with Gasteiger partial charge in [-0.3, -0.25) is 4.79 Å². The van der Waals surface area contributed by atoms with Crippen molar-refractivity contribution in [1.82, 2.24) is 14.8 Å². The molecule has 164 valence electrons. The molecule has 2 heterocycles. The third kappa shape index (κ3) is 4.71. The summed E-state index contributed by atoms with van der Waals surface area (Å²) in [6, 6.07) is 13.6. The highest BCUT2D eigenvalue weighted by Crippen LogP contribution is 2.39. The average Bonchev–Trinajstić information content (AvgIpc) is 3.32. The standard InChI is InChI=1S/C23H20Cl2N4OS2/c1-13-7-9-15(10-8-13)20-14(2)31-11-16(20)22-27-28-23(29(22)3)32-12-19(30)26-21-17(24)5-4-6-18(21)25/h4-11H,12H2,1-3H3,(H,26,30). The monoisotopic (exact) mass is 502 g/mol. The molecule has 0 unspecified atom stereocenters. The van der Waals surface area contributed by atoms with Gasteiger partial charge in [0.05, 0.1) is 21.5 Å². The number of aromatic nitrogens is 3. The van der Waals surface area contributed by atoms with E-state index >= 15 is 0 Å². The smallest absolute Gasteiger partial charge is 0.234 e. The minimum Gasteiger partial charge on any atom is -0.323 e. The molecule has 0 aliphatic rings. The molecule has 32 heavy (non-hydrogen) atoms. The van der Waals surface area contributed by atoms with Gasteiger partial charge in [-0.2, -0.15) is 0 Å². The highest BCUT2D eigenvalue weighted by atomic mass is 35.5. The number of rotatable bonds is 6. The minimum absolute atomic E-state index is 0.154. The predicted molar refractivity (Wildman–Crippen MR) is 135 cm³/mol. The number of para-hydroxylation sites is 1. The summed E-state index contributed by atoms with van der Waals surface area (Å²) >= 11 is 15.3. The summed E-state index contributed by atoms with van der Waals surface area (Å²) in [5.74, 6) is 0.698. The molecule has 0 saturated carbocycles. The number of aryl methyl sites for hydroxylation is 2. The van der Waals surface area contributed by atoms with Gasteiger partial charge in [-0.05, 0) is 31.5 Å². The summed E-state index contributed by atoms with van der Waals surface area (Å²) in [6.45, 7) is 4.19. The lowest BCUT2D eigenvalue weighted by Gasteiger charge is -2.09. The Morgan fingerprint density at radius 3 is 2.47 bits per heavy atom. The van der Waals surface area contributed by atoms with E-state index in [1.807, 2.05) is 11.6 Å². The first-order chi connectivity index (χ1) is 15.3. The predicted octanol–water partition coefficient (Wildman–Crippen LogP) is 6.87. The second kappa shape index (κ2) is 9.67. The molecule has 0 saturated heterocycles. The van der Waals surface area contributed by atoms with Crippen LogP contribution in [0.25, 0.3) is 22.5 Å². The van der Waals surface area contributed by atoms with E-state index in [4.69, 9.17) is 23.2 Å². The van der Waals surface area contributed by atoms with Crippen LogP contribution in [0.3, 0.4) is 0 Å². The van der Waals surface area contributed by atoms with Crippen molar-refractivity contribution in [2.24, 2.45) is 7.05 Å². The number of anilines is 1. The first-order valence-electron chi connectivity index (χ1n) is 9.76. The van der Waals surface area contributed by atoms with Crippen LogP contribution >= 0.6 is 46.3 Å². The molecule has 0 bridgehead atoms. The van der Waals surface area contributed by atoms with Gasteiger partial charge in [0.2, 0.25) is 5.91 Å². The number of thiophene rings is 1. The zero-order valence-corrected chi connectivity index (χ0v) is 20.8. The third-order valence-electron chi connectivity index (χ3n) is 4.95. The number of amides is 1. The van der Waals surface area contributed by atoms with Gasteiger partial charge in [-0.25, -0.2) is 0 Å². The number of halogens is 2. The number of benzene rings is 2. The molecule has 0 aliphatic heterocycles. The van der Waals surface area contributed by atoms with Crippen LogP contribution in [0.4, 0.5) is 5.69 Å². The number of nitrogens with one attached hydrogen (secondary N) is 1. The number of nitrogens with zero attached hydrogens (tertiary/aromatic N) is 3. The van der Waals surface area contributed by atoms with E-state index in [1.165, 1.54) is 22.2 Å². The average molecular weight is 503 g/mol. The van der Waals surface area contributed by atoms with Crippen molar-refractivity contribution in [2.75, 3.05) is 11.1 Å². The van der Waals surface area contributed by atoms with Crippen LogP contribution in [0, 0.1) is 13.8 Å². The van der Waals surface area contributed by atoms with Crippen LogP contribution in [0.5, 0.6) is 0 Å². The molecule has 1 amide bonds. The first kappa shape index (κ1) is 22.9. The molecule has 0 spiro atoms. The van der Waals surface area contributed by atoms with Gasteiger partial charge in [0, 0.05) is 28.4 Å². The highest BCUT2D eigenvalue weighted by molar-refractivity contribution is 7.99. The van der Waals surface area contributed by atoms with E-state index in [1.54, 1.807) is 29.5 Å². The number of hydrogen-bond donors (Lipinski definition) is 1. The zero-order chi connectivity index (χ0) is 22.8. The second-order valence-corrected chi connectivity index (χ2v) is 10.1. The Morgan fingerprint density at radius 1 is 1.09 bits per heavy atom. The molecule has 4 rings (SSSR count). The molecule has 1 N–H and O–H groups in total. The van der Waals surface area contributed by atoms with Gasteiger partial charge < -0.3 is 9.88 Å². The Labute approximate surface area is 204 Å². The van der Waals surface area contributed by atoms with Crippen LogP contribution in [-0.2, 0) is 11.8 Å². The molecule has 0 atom stereocenters. The maximum Gasteiger partial charge on any atom is 0.234 e. The molecule has 5 nitrogen and oxygen atoms in total. The highest BCUT2D eigenvalue weighted by Gasteiger charge is 2.19. The SMILES string of the molecule is Cc1ccc(-c2c(-c3nnc(SCC(=O)Nc4c(Cl)cccc4Cl)n3C)csc2C)cc1. The molecular formula is C23H20Cl2N4OS2. The van der Waals surface area contributed by atoms with Crippen molar-refractivity contribution >= 4 is 57.9 Å². The Kier molecular flexibility index (Phi) is 6.90. The van der Waals surface area contributed by atoms with Gasteiger partial charge in [-0.15, -0.1) is 21.5 Å². The molecule has 0 radical (unpaired) electrons. The van der Waals surface area contributed by atoms with Crippen molar-refractivity contribution in [3.63, 3.8) is 0 Å². The van der Waals surface area contributed by atoms with E-state index in [-0.39, 0.29) is 11.7 Å². The summed E-state index contributed by atoms with van der Waals surface area (Å²) in [7, 11) is 1.91. The fourth-order valence-electron chi connectivity index (χ4n) is 3.30. The van der Waals surface area contributed by atoms with E-state index in [2.05, 4.69) is 59.0 Å². The van der Waals surface area contributed by atoms with Crippen LogP contribution in [0.2, 0.25) is 10.0 Å². The maximum absolute atomic E-state index is 12.4. The van der Waals surface area contributed by atoms with E-state index in [0.29, 0.717) is 20.9 Å². The molecule has 2 aromatic carbocycles. The minimum atomic E-state index is -0.221.